The normalized spacial score (nSPS) is 21.8. The van der Waals surface area contributed by atoms with E-state index in [9.17, 15) is 0 Å². The van der Waals surface area contributed by atoms with Crippen LogP contribution in [-0.2, 0) is 0 Å². The van der Waals surface area contributed by atoms with Crippen molar-refractivity contribution in [3.05, 3.63) is 71.7 Å². The molecule has 1 saturated carbocycles. The van der Waals surface area contributed by atoms with Gasteiger partial charge in [-0.2, -0.15) is 0 Å². The van der Waals surface area contributed by atoms with Gasteiger partial charge in [0.25, 0.3) is 0 Å². The molecule has 0 spiro atoms. The van der Waals surface area contributed by atoms with Gasteiger partial charge in [0, 0.05) is 53.6 Å². The van der Waals surface area contributed by atoms with Gasteiger partial charge in [0.05, 0.1) is 24.7 Å². The van der Waals surface area contributed by atoms with Crippen LogP contribution in [0.5, 0.6) is 5.75 Å². The predicted octanol–water partition coefficient (Wildman–Crippen LogP) is 4.80. The number of aromatic nitrogens is 3. The molecule has 1 unspecified atom stereocenters. The number of nitrogens with two attached hydrogens (primary N) is 1. The maximum atomic E-state index is 6.42. The molecule has 37 heavy (non-hydrogen) atoms. The minimum absolute atomic E-state index is 0.0768. The van der Waals surface area contributed by atoms with E-state index in [0.717, 1.165) is 71.1 Å². The van der Waals surface area contributed by atoms with Gasteiger partial charge in [-0.05, 0) is 61.4 Å². The van der Waals surface area contributed by atoms with Crippen LogP contribution in [0.3, 0.4) is 0 Å². The van der Waals surface area contributed by atoms with Crippen molar-refractivity contribution in [1.82, 2.24) is 19.9 Å². The van der Waals surface area contributed by atoms with Gasteiger partial charge in [-0.3, -0.25) is 9.88 Å². The Balaban J connectivity index is 1.35. The van der Waals surface area contributed by atoms with E-state index in [1.807, 2.05) is 42.9 Å². The van der Waals surface area contributed by atoms with Crippen molar-refractivity contribution in [3.63, 3.8) is 0 Å². The maximum Gasteiger partial charge on any atom is 0.138 e. The summed E-state index contributed by atoms with van der Waals surface area (Å²) in [5, 5.41) is 4.66. The third kappa shape index (κ3) is 3.97. The molecule has 8 nitrogen and oxygen atoms in total. The number of nitrogens with one attached hydrogen (secondary N) is 2. The third-order valence-corrected chi connectivity index (χ3v) is 7.82. The molecule has 188 valence electrons. The van der Waals surface area contributed by atoms with E-state index in [0.29, 0.717) is 5.92 Å². The fourth-order valence-electron chi connectivity index (χ4n) is 5.85. The van der Waals surface area contributed by atoms with Crippen LogP contribution in [0.15, 0.2) is 60.0 Å². The number of likely N-dealkylation sites (tertiary alicyclic amines) is 1. The molecule has 1 aromatic carbocycles. The van der Waals surface area contributed by atoms with Crippen molar-refractivity contribution in [1.29, 1.82) is 0 Å². The highest BCUT2D eigenvalue weighted by Gasteiger charge is 2.36. The highest BCUT2D eigenvalue weighted by Crippen LogP contribution is 2.47. The number of nitrogens with zero attached hydrogens (tertiary/aromatic N) is 4. The summed E-state index contributed by atoms with van der Waals surface area (Å²) in [5.41, 5.74) is 13.8. The van der Waals surface area contributed by atoms with Crippen LogP contribution in [0.2, 0.25) is 0 Å². The second-order valence-corrected chi connectivity index (χ2v) is 10.3. The summed E-state index contributed by atoms with van der Waals surface area (Å²) in [6.45, 7) is 1.84. The number of hydrogen-bond donors (Lipinski definition) is 3. The van der Waals surface area contributed by atoms with Crippen LogP contribution in [0.4, 0.5) is 5.69 Å². The number of anilines is 1. The molecule has 0 amide bonds. The third-order valence-electron chi connectivity index (χ3n) is 7.82. The van der Waals surface area contributed by atoms with E-state index in [4.69, 9.17) is 15.5 Å². The van der Waals surface area contributed by atoms with E-state index >= 15 is 0 Å². The van der Waals surface area contributed by atoms with Gasteiger partial charge < -0.3 is 20.8 Å². The van der Waals surface area contributed by atoms with Crippen molar-refractivity contribution in [2.45, 2.75) is 43.8 Å². The highest BCUT2D eigenvalue weighted by molar-refractivity contribution is 6.16. The van der Waals surface area contributed by atoms with Crippen LogP contribution >= 0.6 is 0 Å². The molecule has 1 saturated heterocycles. The molecule has 2 atom stereocenters. The number of aromatic amines is 1. The first-order valence-electron chi connectivity index (χ1n) is 13.1. The number of methoxy groups -OCH3 is 1. The zero-order valence-corrected chi connectivity index (χ0v) is 20.9. The predicted molar refractivity (Wildman–Crippen MR) is 146 cm³/mol. The molecule has 2 fully saturated rings. The number of para-hydroxylation sites is 1. The van der Waals surface area contributed by atoms with Gasteiger partial charge in [0.15, 0.2) is 0 Å². The van der Waals surface area contributed by atoms with Crippen LogP contribution in [0, 0.1) is 0 Å². The van der Waals surface area contributed by atoms with E-state index in [2.05, 4.69) is 37.3 Å². The SMILES string of the molecule is COc1ccccc1-c1cc2c(C3=NC(N4CCC[C@H](N)C4)c4c(cncc4C4CC4)N3)ccnc2[nH]1. The lowest BCUT2D eigenvalue weighted by molar-refractivity contribution is 0.153. The second kappa shape index (κ2) is 8.97. The summed E-state index contributed by atoms with van der Waals surface area (Å²) in [4.78, 5) is 20.6. The summed E-state index contributed by atoms with van der Waals surface area (Å²) in [5.74, 6) is 2.24. The summed E-state index contributed by atoms with van der Waals surface area (Å²) in [7, 11) is 1.69. The number of benzene rings is 1. The summed E-state index contributed by atoms with van der Waals surface area (Å²) in [6.07, 6.45) is 10.4. The Labute approximate surface area is 216 Å². The molecule has 1 aliphatic carbocycles. The monoisotopic (exact) mass is 493 g/mol. The smallest absolute Gasteiger partial charge is 0.138 e. The van der Waals surface area contributed by atoms with Gasteiger partial charge >= 0.3 is 0 Å². The molecular formula is C29H31N7O. The number of H-pyrrole nitrogens is 1. The van der Waals surface area contributed by atoms with E-state index in [1.165, 1.54) is 24.0 Å². The second-order valence-electron chi connectivity index (χ2n) is 10.3. The van der Waals surface area contributed by atoms with Crippen molar-refractivity contribution >= 4 is 22.6 Å². The lowest BCUT2D eigenvalue weighted by Gasteiger charge is -2.39. The summed E-state index contributed by atoms with van der Waals surface area (Å²) >= 11 is 0. The number of hydrogen-bond acceptors (Lipinski definition) is 7. The molecule has 3 aromatic heterocycles. The van der Waals surface area contributed by atoms with Crippen molar-refractivity contribution in [2.75, 3.05) is 25.5 Å². The van der Waals surface area contributed by atoms with Gasteiger partial charge in [-0.15, -0.1) is 0 Å². The quantitative estimate of drug-likeness (QED) is 0.369. The minimum atomic E-state index is -0.0768. The Morgan fingerprint density at radius 3 is 2.81 bits per heavy atom. The Hall–Kier alpha value is -3.75. The molecule has 0 bridgehead atoms. The molecule has 3 aliphatic rings. The molecule has 2 aliphatic heterocycles. The maximum absolute atomic E-state index is 6.42. The summed E-state index contributed by atoms with van der Waals surface area (Å²) in [6, 6.07) is 12.4. The van der Waals surface area contributed by atoms with Crippen LogP contribution in [0.25, 0.3) is 22.3 Å². The molecule has 7 rings (SSSR count). The van der Waals surface area contributed by atoms with Gasteiger partial charge in [0.2, 0.25) is 0 Å². The number of rotatable bonds is 5. The number of pyridine rings is 2. The number of aliphatic imine (C=N–C) groups is 1. The zero-order valence-electron chi connectivity index (χ0n) is 20.9. The topological polar surface area (TPSA) is 104 Å². The zero-order chi connectivity index (χ0) is 24.9. The molecule has 4 aromatic rings. The van der Waals surface area contributed by atoms with E-state index in [1.54, 1.807) is 7.11 Å². The molecule has 8 heteroatoms. The van der Waals surface area contributed by atoms with Crippen LogP contribution in [-0.4, -0.2) is 51.9 Å². The van der Waals surface area contributed by atoms with Gasteiger partial charge in [-0.25, -0.2) is 9.98 Å². The number of fused-ring (bicyclic) bond motifs is 2. The van der Waals surface area contributed by atoms with Crippen LogP contribution in [0.1, 0.15) is 54.5 Å². The average molecular weight is 494 g/mol. The lowest BCUT2D eigenvalue weighted by Crippen LogP contribution is -2.45. The Morgan fingerprint density at radius 1 is 1.08 bits per heavy atom. The van der Waals surface area contributed by atoms with Crippen molar-refractivity contribution in [2.24, 2.45) is 10.7 Å². The minimum Gasteiger partial charge on any atom is -0.496 e. The first-order valence-corrected chi connectivity index (χ1v) is 13.1. The van der Waals surface area contributed by atoms with E-state index in [-0.39, 0.29) is 12.2 Å². The average Bonchev–Trinajstić information content (AvgIpc) is 3.69. The number of amidine groups is 1. The molecule has 0 radical (unpaired) electrons. The van der Waals surface area contributed by atoms with E-state index < -0.39 is 0 Å². The van der Waals surface area contributed by atoms with Crippen molar-refractivity contribution < 1.29 is 4.74 Å². The van der Waals surface area contributed by atoms with Crippen LogP contribution < -0.4 is 15.8 Å². The Kier molecular flexibility index (Phi) is 5.44. The lowest BCUT2D eigenvalue weighted by atomic mass is 9.96. The molecular weight excluding hydrogens is 462 g/mol. The molecule has 5 heterocycles. The highest BCUT2D eigenvalue weighted by atomic mass is 16.5. The van der Waals surface area contributed by atoms with Crippen molar-refractivity contribution in [3.8, 4) is 17.0 Å². The largest absolute Gasteiger partial charge is 0.496 e. The molecule has 4 N–H and O–H groups in total. The summed E-state index contributed by atoms with van der Waals surface area (Å²) < 4.78 is 5.61. The Morgan fingerprint density at radius 2 is 1.97 bits per heavy atom. The fraction of sp³-hybridized carbons (Fsp3) is 0.345. The Bertz CT molecular complexity index is 1510. The van der Waals surface area contributed by atoms with Gasteiger partial charge in [0.1, 0.15) is 23.4 Å². The first-order chi connectivity index (χ1) is 18.2. The standard InChI is InChI=1S/C29H31N7O/c1-37-25-7-3-2-6-20(25)23-13-21-19(10-11-32-27(21)33-23)28-34-24-15-31-14-22(17-8-9-17)26(24)29(35-28)36-12-4-5-18(30)16-36/h2-3,6-7,10-11,13-15,17-18,29H,4-5,8-9,12,16,30H2,1H3,(H,32,33)(H,34,35)/t18-,29?/m0/s1. The number of piperidine rings is 1. The fourth-order valence-corrected chi connectivity index (χ4v) is 5.85. The first kappa shape index (κ1) is 22.4. The number of ether oxygens (including phenoxy) is 1. The van der Waals surface area contributed by atoms with Gasteiger partial charge in [-0.1, -0.05) is 12.1 Å².